The van der Waals surface area contributed by atoms with Crippen molar-refractivity contribution >= 4 is 0 Å². The molecule has 0 bridgehead atoms. The molecule has 0 N–H and O–H groups in total. The minimum atomic E-state index is -0.203. The first kappa shape index (κ1) is 13.1. The summed E-state index contributed by atoms with van der Waals surface area (Å²) < 4.78 is 16.5. The maximum atomic E-state index is 5.69. The summed E-state index contributed by atoms with van der Waals surface area (Å²) in [4.78, 5) is 0. The molecule has 3 rings (SSSR count). The molecule has 0 aliphatic carbocycles. The summed E-state index contributed by atoms with van der Waals surface area (Å²) in [7, 11) is 0. The van der Waals surface area contributed by atoms with Gasteiger partial charge in [0.25, 0.3) is 0 Å². The van der Waals surface area contributed by atoms with Gasteiger partial charge in [0.2, 0.25) is 0 Å². The van der Waals surface area contributed by atoms with Crippen LogP contribution >= 0.6 is 0 Å². The van der Waals surface area contributed by atoms with Crippen molar-refractivity contribution in [1.29, 1.82) is 0 Å². The van der Waals surface area contributed by atoms with Crippen molar-refractivity contribution in [3.8, 4) is 0 Å². The molecule has 2 heterocycles. The van der Waals surface area contributed by atoms with E-state index in [0.29, 0.717) is 19.3 Å². The Kier molecular flexibility index (Phi) is 3.16. The van der Waals surface area contributed by atoms with Crippen LogP contribution in [0.3, 0.4) is 0 Å². The summed E-state index contributed by atoms with van der Waals surface area (Å²) in [6.45, 7) is 9.59. The molecular formula is C16H22O3. The number of ether oxygens (including phenoxy) is 3. The van der Waals surface area contributed by atoms with Crippen molar-refractivity contribution in [2.24, 2.45) is 0 Å². The third-order valence-electron chi connectivity index (χ3n) is 3.81. The molecule has 2 aliphatic heterocycles. The zero-order valence-electron chi connectivity index (χ0n) is 11.9. The van der Waals surface area contributed by atoms with Crippen molar-refractivity contribution in [2.45, 2.75) is 37.9 Å². The summed E-state index contributed by atoms with van der Waals surface area (Å²) in [6.07, 6.45) is 0.319. The fraction of sp³-hybridized carbons (Fsp3) is 0.625. The van der Waals surface area contributed by atoms with Gasteiger partial charge in [0.15, 0.2) is 0 Å². The molecule has 3 heteroatoms. The highest BCUT2D eigenvalue weighted by molar-refractivity contribution is 5.33. The monoisotopic (exact) mass is 262 g/mol. The molecule has 0 amide bonds. The predicted molar refractivity (Wildman–Crippen MR) is 73.3 cm³/mol. The van der Waals surface area contributed by atoms with Gasteiger partial charge in [0, 0.05) is 0 Å². The number of hydrogen-bond acceptors (Lipinski definition) is 3. The van der Waals surface area contributed by atoms with Crippen LogP contribution in [0, 0.1) is 0 Å². The Labute approximate surface area is 114 Å². The molecule has 3 nitrogen and oxygen atoms in total. The van der Waals surface area contributed by atoms with Crippen molar-refractivity contribution in [3.63, 3.8) is 0 Å². The summed E-state index contributed by atoms with van der Waals surface area (Å²) in [6, 6.07) is 8.74. The third-order valence-corrected chi connectivity index (χ3v) is 3.81. The van der Waals surface area contributed by atoms with Crippen LogP contribution in [0.4, 0.5) is 0 Å². The van der Waals surface area contributed by atoms with Gasteiger partial charge in [-0.15, -0.1) is 0 Å². The molecular weight excluding hydrogens is 240 g/mol. The van der Waals surface area contributed by atoms with E-state index in [2.05, 4.69) is 45.0 Å². The van der Waals surface area contributed by atoms with Crippen molar-refractivity contribution < 1.29 is 14.2 Å². The highest BCUT2D eigenvalue weighted by Crippen LogP contribution is 2.39. The molecule has 0 saturated carbocycles. The molecule has 0 spiro atoms. The maximum Gasteiger partial charge on any atom is 0.140 e. The van der Waals surface area contributed by atoms with Gasteiger partial charge < -0.3 is 14.2 Å². The molecule has 1 aromatic rings. The molecule has 2 unspecified atom stereocenters. The molecule has 2 saturated heterocycles. The van der Waals surface area contributed by atoms with Gasteiger partial charge in [0.1, 0.15) is 11.7 Å². The average Bonchev–Trinajstić information content (AvgIpc) is 3.23. The zero-order valence-corrected chi connectivity index (χ0v) is 11.9. The number of epoxide rings is 2. The lowest BCUT2D eigenvalue weighted by molar-refractivity contribution is 0.0671. The molecule has 104 valence electrons. The van der Waals surface area contributed by atoms with Gasteiger partial charge in [0.05, 0.1) is 26.4 Å². The van der Waals surface area contributed by atoms with Crippen molar-refractivity contribution in [3.05, 3.63) is 35.4 Å². The molecule has 0 radical (unpaired) electrons. The minimum absolute atomic E-state index is 0.190. The summed E-state index contributed by atoms with van der Waals surface area (Å²) in [5, 5.41) is 0. The Morgan fingerprint density at radius 2 is 1.89 bits per heavy atom. The van der Waals surface area contributed by atoms with Crippen LogP contribution in [-0.2, 0) is 25.2 Å². The standard InChI is InChI=1S/C16H22O3/c1-15(2,3)12-4-6-13(7-5-12)16(11-19-16)10-17-8-14-9-18-14/h4-7,14H,8-11H2,1-3H3. The molecule has 0 aromatic heterocycles. The summed E-state index contributed by atoms with van der Waals surface area (Å²) in [5.41, 5.74) is 2.55. The Bertz CT molecular complexity index is 436. The second-order valence-corrected chi connectivity index (χ2v) is 6.58. The number of hydrogen-bond donors (Lipinski definition) is 0. The fourth-order valence-electron chi connectivity index (χ4n) is 2.21. The first-order valence-electron chi connectivity index (χ1n) is 6.94. The van der Waals surface area contributed by atoms with E-state index >= 15 is 0 Å². The van der Waals surface area contributed by atoms with Crippen molar-refractivity contribution in [1.82, 2.24) is 0 Å². The molecule has 2 fully saturated rings. The Hall–Kier alpha value is -0.900. The topological polar surface area (TPSA) is 34.3 Å². The average molecular weight is 262 g/mol. The van der Waals surface area contributed by atoms with Crippen LogP contribution in [0.5, 0.6) is 0 Å². The molecule has 1 aromatic carbocycles. The van der Waals surface area contributed by atoms with Crippen molar-refractivity contribution in [2.75, 3.05) is 26.4 Å². The Morgan fingerprint density at radius 1 is 1.26 bits per heavy atom. The van der Waals surface area contributed by atoms with Gasteiger partial charge in [-0.1, -0.05) is 45.0 Å². The van der Waals surface area contributed by atoms with E-state index in [0.717, 1.165) is 13.2 Å². The van der Waals surface area contributed by atoms with Gasteiger partial charge in [-0.05, 0) is 16.5 Å². The van der Waals surface area contributed by atoms with Crippen LogP contribution in [0.1, 0.15) is 31.9 Å². The van der Waals surface area contributed by atoms with Crippen LogP contribution < -0.4 is 0 Å². The lowest BCUT2D eigenvalue weighted by atomic mass is 9.85. The van der Waals surface area contributed by atoms with E-state index in [-0.39, 0.29) is 11.0 Å². The van der Waals surface area contributed by atoms with E-state index < -0.39 is 0 Å². The maximum absolute atomic E-state index is 5.69. The van der Waals surface area contributed by atoms with Gasteiger partial charge in [-0.3, -0.25) is 0 Å². The van der Waals surface area contributed by atoms with Crippen LogP contribution in [0.25, 0.3) is 0 Å². The van der Waals surface area contributed by atoms with Crippen LogP contribution in [0.15, 0.2) is 24.3 Å². The summed E-state index contributed by atoms with van der Waals surface area (Å²) >= 11 is 0. The Morgan fingerprint density at radius 3 is 2.37 bits per heavy atom. The SMILES string of the molecule is CC(C)(C)c1ccc(C2(COCC3CO3)CO2)cc1. The fourth-order valence-corrected chi connectivity index (χ4v) is 2.21. The lowest BCUT2D eigenvalue weighted by Crippen LogP contribution is -2.19. The second-order valence-electron chi connectivity index (χ2n) is 6.58. The highest BCUT2D eigenvalue weighted by atomic mass is 16.6. The second kappa shape index (κ2) is 4.58. The van der Waals surface area contributed by atoms with E-state index in [4.69, 9.17) is 14.2 Å². The summed E-state index contributed by atoms with van der Waals surface area (Å²) in [5.74, 6) is 0. The number of rotatable bonds is 5. The largest absolute Gasteiger partial charge is 0.375 e. The zero-order chi connectivity index (χ0) is 13.5. The number of benzene rings is 1. The lowest BCUT2D eigenvalue weighted by Gasteiger charge is -2.20. The minimum Gasteiger partial charge on any atom is -0.375 e. The van der Waals surface area contributed by atoms with E-state index in [1.165, 1.54) is 11.1 Å². The highest BCUT2D eigenvalue weighted by Gasteiger charge is 2.47. The normalized spacial score (nSPS) is 29.3. The van der Waals surface area contributed by atoms with Gasteiger partial charge >= 0.3 is 0 Å². The van der Waals surface area contributed by atoms with E-state index in [1.807, 2.05) is 0 Å². The first-order chi connectivity index (χ1) is 9.00. The molecule has 2 atom stereocenters. The van der Waals surface area contributed by atoms with Gasteiger partial charge in [-0.25, -0.2) is 0 Å². The first-order valence-corrected chi connectivity index (χ1v) is 6.94. The predicted octanol–water partition coefficient (Wildman–Crippen LogP) is 2.63. The Balaban J connectivity index is 1.63. The quantitative estimate of drug-likeness (QED) is 0.765. The van der Waals surface area contributed by atoms with E-state index in [1.54, 1.807) is 0 Å². The van der Waals surface area contributed by atoms with Crippen LogP contribution in [-0.4, -0.2) is 32.5 Å². The molecule has 2 aliphatic rings. The van der Waals surface area contributed by atoms with Gasteiger partial charge in [-0.2, -0.15) is 0 Å². The smallest absolute Gasteiger partial charge is 0.140 e. The van der Waals surface area contributed by atoms with Crippen LogP contribution in [0.2, 0.25) is 0 Å². The van der Waals surface area contributed by atoms with E-state index in [9.17, 15) is 0 Å². The molecule has 19 heavy (non-hydrogen) atoms. The third kappa shape index (κ3) is 2.99.